The van der Waals surface area contributed by atoms with E-state index in [1.54, 1.807) is 0 Å². The minimum atomic E-state index is 0.186. The fourth-order valence-corrected chi connectivity index (χ4v) is 1.69. The van der Waals surface area contributed by atoms with E-state index in [0.29, 0.717) is 5.92 Å². The average Bonchev–Trinajstić information content (AvgIpc) is 2.06. The third-order valence-corrected chi connectivity index (χ3v) is 2.70. The zero-order chi connectivity index (χ0) is 8.97. The quantitative estimate of drug-likeness (QED) is 0.625. The number of aliphatic hydroxyl groups is 1. The second-order valence-corrected chi connectivity index (χ2v) is 3.65. The molecule has 1 aliphatic rings. The molecule has 0 fully saturated rings. The molecule has 0 spiro atoms. The van der Waals surface area contributed by atoms with Crippen LogP contribution in [0.3, 0.4) is 0 Å². The van der Waals surface area contributed by atoms with E-state index in [9.17, 15) is 0 Å². The van der Waals surface area contributed by atoms with Gasteiger partial charge in [-0.2, -0.15) is 0 Å². The maximum atomic E-state index is 8.73. The molecular weight excluding hydrogens is 148 g/mol. The zero-order valence-corrected chi connectivity index (χ0v) is 8.01. The molecule has 0 radical (unpaired) electrons. The molecule has 1 rings (SSSR count). The van der Waals surface area contributed by atoms with Crippen LogP contribution in [-0.2, 0) is 0 Å². The fraction of sp³-hybridized carbons (Fsp3) is 0.636. The molecule has 0 saturated heterocycles. The summed E-state index contributed by atoms with van der Waals surface area (Å²) in [6.45, 7) is 4.50. The van der Waals surface area contributed by atoms with Gasteiger partial charge < -0.3 is 5.11 Å². The summed E-state index contributed by atoms with van der Waals surface area (Å²) in [6, 6.07) is 0. The van der Waals surface area contributed by atoms with Crippen molar-refractivity contribution >= 4 is 0 Å². The largest absolute Gasteiger partial charge is 0.392 e. The molecule has 1 nitrogen and oxygen atoms in total. The molecule has 0 heterocycles. The number of hydrogen-bond donors (Lipinski definition) is 1. The highest BCUT2D eigenvalue weighted by Gasteiger charge is 2.13. The van der Waals surface area contributed by atoms with Gasteiger partial charge in [-0.3, -0.25) is 0 Å². The van der Waals surface area contributed by atoms with E-state index in [2.05, 4.69) is 19.9 Å². The van der Waals surface area contributed by atoms with Crippen molar-refractivity contribution in [2.75, 3.05) is 6.61 Å². The summed E-state index contributed by atoms with van der Waals surface area (Å²) < 4.78 is 0. The van der Waals surface area contributed by atoms with E-state index < -0.39 is 0 Å². The van der Waals surface area contributed by atoms with Crippen molar-refractivity contribution in [3.05, 3.63) is 23.3 Å². The Labute approximate surface area is 74.8 Å². The average molecular weight is 166 g/mol. The summed E-state index contributed by atoms with van der Waals surface area (Å²) >= 11 is 0. The SMILES string of the molecule is CC1=CCC(/C(C)=C\CO)CC1. The van der Waals surface area contributed by atoms with Crippen molar-refractivity contribution in [3.63, 3.8) is 0 Å². The van der Waals surface area contributed by atoms with Gasteiger partial charge in [0, 0.05) is 0 Å². The highest BCUT2D eigenvalue weighted by atomic mass is 16.2. The lowest BCUT2D eigenvalue weighted by Gasteiger charge is -2.20. The zero-order valence-electron chi connectivity index (χ0n) is 8.01. The van der Waals surface area contributed by atoms with Gasteiger partial charge in [-0.1, -0.05) is 23.3 Å². The van der Waals surface area contributed by atoms with E-state index in [0.717, 1.165) is 6.42 Å². The van der Waals surface area contributed by atoms with Crippen LogP contribution in [0.15, 0.2) is 23.3 Å². The molecule has 0 amide bonds. The number of allylic oxidation sites excluding steroid dienone is 3. The van der Waals surface area contributed by atoms with Crippen LogP contribution in [0.4, 0.5) is 0 Å². The lowest BCUT2D eigenvalue weighted by Crippen LogP contribution is -2.06. The molecule has 0 aromatic rings. The summed E-state index contributed by atoms with van der Waals surface area (Å²) in [5.74, 6) is 0.681. The van der Waals surface area contributed by atoms with Crippen molar-refractivity contribution in [3.8, 4) is 0 Å². The molecule has 1 N–H and O–H groups in total. The second kappa shape index (κ2) is 4.46. The van der Waals surface area contributed by atoms with Gasteiger partial charge in [-0.05, 0) is 39.0 Å². The summed E-state index contributed by atoms with van der Waals surface area (Å²) in [4.78, 5) is 0. The smallest absolute Gasteiger partial charge is 0.0615 e. The fourth-order valence-electron chi connectivity index (χ4n) is 1.69. The topological polar surface area (TPSA) is 20.2 Å². The molecule has 0 aromatic carbocycles. The van der Waals surface area contributed by atoms with Gasteiger partial charge in [0.25, 0.3) is 0 Å². The molecule has 12 heavy (non-hydrogen) atoms. The first-order chi connectivity index (χ1) is 5.74. The predicted octanol–water partition coefficient (Wildman–Crippen LogP) is 2.67. The first kappa shape index (κ1) is 9.53. The van der Waals surface area contributed by atoms with Crippen LogP contribution in [0.5, 0.6) is 0 Å². The van der Waals surface area contributed by atoms with E-state index in [4.69, 9.17) is 5.11 Å². The predicted molar refractivity (Wildman–Crippen MR) is 51.9 cm³/mol. The summed E-state index contributed by atoms with van der Waals surface area (Å²) in [5.41, 5.74) is 2.87. The van der Waals surface area contributed by atoms with Crippen LogP contribution in [0.2, 0.25) is 0 Å². The first-order valence-electron chi connectivity index (χ1n) is 4.67. The Bertz CT molecular complexity index is 201. The van der Waals surface area contributed by atoms with Crippen molar-refractivity contribution in [1.29, 1.82) is 0 Å². The Morgan fingerprint density at radius 1 is 1.75 bits per heavy atom. The Balaban J connectivity index is 2.51. The van der Waals surface area contributed by atoms with E-state index in [1.165, 1.54) is 24.0 Å². The third-order valence-electron chi connectivity index (χ3n) is 2.70. The Morgan fingerprint density at radius 3 is 3.00 bits per heavy atom. The van der Waals surface area contributed by atoms with Gasteiger partial charge in [-0.15, -0.1) is 0 Å². The van der Waals surface area contributed by atoms with Crippen molar-refractivity contribution in [2.45, 2.75) is 33.1 Å². The lowest BCUT2D eigenvalue weighted by molar-refractivity contribution is 0.340. The van der Waals surface area contributed by atoms with Crippen LogP contribution < -0.4 is 0 Å². The van der Waals surface area contributed by atoms with Gasteiger partial charge in [0.2, 0.25) is 0 Å². The maximum Gasteiger partial charge on any atom is 0.0615 e. The third kappa shape index (κ3) is 2.49. The number of hydrogen-bond acceptors (Lipinski definition) is 1. The van der Waals surface area contributed by atoms with Crippen LogP contribution in [-0.4, -0.2) is 11.7 Å². The summed E-state index contributed by atoms with van der Waals surface area (Å²) in [5, 5.41) is 8.73. The molecule has 1 aliphatic carbocycles. The van der Waals surface area contributed by atoms with Gasteiger partial charge in [0.05, 0.1) is 6.61 Å². The van der Waals surface area contributed by atoms with Gasteiger partial charge in [0.15, 0.2) is 0 Å². The van der Waals surface area contributed by atoms with Crippen LogP contribution in [0, 0.1) is 5.92 Å². The number of aliphatic hydroxyl groups excluding tert-OH is 1. The second-order valence-electron chi connectivity index (χ2n) is 3.65. The Kier molecular flexibility index (Phi) is 3.54. The molecular formula is C11H18O. The molecule has 1 unspecified atom stereocenters. The van der Waals surface area contributed by atoms with Crippen LogP contribution in [0.1, 0.15) is 33.1 Å². The number of rotatable bonds is 2. The monoisotopic (exact) mass is 166 g/mol. The molecule has 0 aromatic heterocycles. The molecule has 0 saturated carbocycles. The molecule has 0 bridgehead atoms. The van der Waals surface area contributed by atoms with E-state index in [-0.39, 0.29) is 6.61 Å². The maximum absolute atomic E-state index is 8.73. The molecule has 0 aliphatic heterocycles. The van der Waals surface area contributed by atoms with E-state index in [1.807, 2.05) is 6.08 Å². The minimum absolute atomic E-state index is 0.186. The first-order valence-corrected chi connectivity index (χ1v) is 4.67. The van der Waals surface area contributed by atoms with Crippen LogP contribution >= 0.6 is 0 Å². The van der Waals surface area contributed by atoms with Gasteiger partial charge in [0.1, 0.15) is 0 Å². The Morgan fingerprint density at radius 2 is 2.50 bits per heavy atom. The molecule has 1 heteroatoms. The summed E-state index contributed by atoms with van der Waals surface area (Å²) in [7, 11) is 0. The molecule has 68 valence electrons. The Hall–Kier alpha value is -0.560. The highest BCUT2D eigenvalue weighted by Crippen LogP contribution is 2.28. The van der Waals surface area contributed by atoms with Gasteiger partial charge >= 0.3 is 0 Å². The minimum Gasteiger partial charge on any atom is -0.392 e. The highest BCUT2D eigenvalue weighted by molar-refractivity contribution is 5.12. The van der Waals surface area contributed by atoms with Crippen LogP contribution in [0.25, 0.3) is 0 Å². The van der Waals surface area contributed by atoms with Crippen molar-refractivity contribution in [2.24, 2.45) is 5.92 Å². The lowest BCUT2D eigenvalue weighted by atomic mass is 9.85. The van der Waals surface area contributed by atoms with E-state index >= 15 is 0 Å². The van der Waals surface area contributed by atoms with Gasteiger partial charge in [-0.25, -0.2) is 0 Å². The molecule has 1 atom stereocenters. The summed E-state index contributed by atoms with van der Waals surface area (Å²) in [6.07, 6.45) is 7.89. The van der Waals surface area contributed by atoms with Crippen molar-refractivity contribution < 1.29 is 5.11 Å². The standard InChI is InChI=1S/C11H18O/c1-9-3-5-11(6-4-9)10(2)7-8-12/h3,7,11-12H,4-6,8H2,1-2H3/b10-7-. The normalized spacial score (nSPS) is 25.4. The van der Waals surface area contributed by atoms with Crippen molar-refractivity contribution in [1.82, 2.24) is 0 Å².